The highest BCUT2D eigenvalue weighted by atomic mass is 16.5. The van der Waals surface area contributed by atoms with Gasteiger partial charge in [0.15, 0.2) is 0 Å². The molecule has 0 saturated heterocycles. The average molecular weight is 290 g/mol. The minimum absolute atomic E-state index is 0.186. The Balaban J connectivity index is 1.99. The topological polar surface area (TPSA) is 55.6 Å². The van der Waals surface area contributed by atoms with Gasteiger partial charge in [0.2, 0.25) is 5.91 Å². The predicted molar refractivity (Wildman–Crippen MR) is 84.0 cm³/mol. The number of nitrogens with zero attached hydrogens (tertiary/aromatic N) is 1. The van der Waals surface area contributed by atoms with Crippen LogP contribution >= 0.6 is 0 Å². The Kier molecular flexibility index (Phi) is 5.62. The van der Waals surface area contributed by atoms with Crippen molar-refractivity contribution in [3.63, 3.8) is 0 Å². The van der Waals surface area contributed by atoms with E-state index in [0.717, 1.165) is 17.7 Å². The van der Waals surface area contributed by atoms with E-state index in [1.807, 2.05) is 29.2 Å². The standard InChI is InChI=1S/C17H26N2O2/c1-13(2)9-14(11-18)10-17(20)19-7-8-21-16-6-4-3-5-15(16)12-19/h3-6,13-14H,7-12,18H2,1-2H3. The summed E-state index contributed by atoms with van der Waals surface area (Å²) in [6.45, 7) is 6.75. The van der Waals surface area contributed by atoms with Crippen LogP contribution in [0.4, 0.5) is 0 Å². The van der Waals surface area contributed by atoms with E-state index in [1.165, 1.54) is 0 Å². The van der Waals surface area contributed by atoms with E-state index in [9.17, 15) is 4.79 Å². The lowest BCUT2D eigenvalue weighted by Gasteiger charge is -2.23. The second kappa shape index (κ2) is 7.46. The molecule has 1 aromatic carbocycles. The molecule has 1 aromatic rings. The highest BCUT2D eigenvalue weighted by Crippen LogP contribution is 2.24. The van der Waals surface area contributed by atoms with Gasteiger partial charge in [0.25, 0.3) is 0 Å². The fourth-order valence-corrected chi connectivity index (χ4v) is 2.84. The minimum Gasteiger partial charge on any atom is -0.491 e. The molecule has 4 heteroatoms. The zero-order chi connectivity index (χ0) is 15.2. The van der Waals surface area contributed by atoms with Gasteiger partial charge in [0.05, 0.1) is 6.54 Å². The summed E-state index contributed by atoms with van der Waals surface area (Å²) in [5.74, 6) is 1.92. The molecule has 1 atom stereocenters. The first-order chi connectivity index (χ1) is 10.1. The maximum Gasteiger partial charge on any atom is 0.223 e. The van der Waals surface area contributed by atoms with Gasteiger partial charge in [0, 0.05) is 18.5 Å². The van der Waals surface area contributed by atoms with Gasteiger partial charge in [-0.1, -0.05) is 32.0 Å². The molecule has 1 amide bonds. The zero-order valence-electron chi connectivity index (χ0n) is 13.0. The Bertz CT molecular complexity index is 474. The monoisotopic (exact) mass is 290 g/mol. The molecular formula is C17H26N2O2. The number of rotatable bonds is 5. The molecule has 0 spiro atoms. The van der Waals surface area contributed by atoms with Crippen molar-refractivity contribution in [1.82, 2.24) is 4.90 Å². The van der Waals surface area contributed by atoms with Crippen molar-refractivity contribution in [2.45, 2.75) is 33.2 Å². The van der Waals surface area contributed by atoms with Crippen LogP contribution < -0.4 is 10.5 Å². The molecule has 0 aromatic heterocycles. The fraction of sp³-hybridized carbons (Fsp3) is 0.588. The van der Waals surface area contributed by atoms with Gasteiger partial charge in [-0.3, -0.25) is 4.79 Å². The Morgan fingerprint density at radius 1 is 1.38 bits per heavy atom. The maximum atomic E-state index is 12.5. The first kappa shape index (κ1) is 15.8. The summed E-state index contributed by atoms with van der Waals surface area (Å²) in [7, 11) is 0. The first-order valence-corrected chi connectivity index (χ1v) is 7.78. The summed E-state index contributed by atoms with van der Waals surface area (Å²) < 4.78 is 5.71. The molecule has 1 unspecified atom stereocenters. The summed E-state index contributed by atoms with van der Waals surface area (Å²) in [5.41, 5.74) is 6.89. The van der Waals surface area contributed by atoms with Gasteiger partial charge in [0.1, 0.15) is 12.4 Å². The van der Waals surface area contributed by atoms with Crippen LogP contribution in [0, 0.1) is 11.8 Å². The summed E-state index contributed by atoms with van der Waals surface area (Å²) in [5, 5.41) is 0. The molecule has 0 bridgehead atoms. The van der Waals surface area contributed by atoms with Crippen LogP contribution in [0.5, 0.6) is 5.75 Å². The van der Waals surface area contributed by atoms with E-state index in [-0.39, 0.29) is 11.8 Å². The number of benzene rings is 1. The third-order valence-corrected chi connectivity index (χ3v) is 3.91. The normalized spacial score (nSPS) is 16.1. The van der Waals surface area contributed by atoms with Gasteiger partial charge >= 0.3 is 0 Å². The summed E-state index contributed by atoms with van der Waals surface area (Å²) in [6.07, 6.45) is 1.54. The lowest BCUT2D eigenvalue weighted by Crippen LogP contribution is -2.35. The van der Waals surface area contributed by atoms with Gasteiger partial charge in [-0.2, -0.15) is 0 Å². The molecule has 1 heterocycles. The SMILES string of the molecule is CC(C)CC(CN)CC(=O)N1CCOc2ccccc2C1. The molecule has 1 aliphatic rings. The van der Waals surface area contributed by atoms with E-state index in [4.69, 9.17) is 10.5 Å². The highest BCUT2D eigenvalue weighted by Gasteiger charge is 2.22. The van der Waals surface area contributed by atoms with Crippen LogP contribution in [-0.4, -0.2) is 30.5 Å². The lowest BCUT2D eigenvalue weighted by molar-refractivity contribution is -0.133. The number of carbonyl (C=O) groups is 1. The van der Waals surface area contributed by atoms with Crippen LogP contribution in [0.15, 0.2) is 24.3 Å². The summed E-state index contributed by atoms with van der Waals surface area (Å²) >= 11 is 0. The summed E-state index contributed by atoms with van der Waals surface area (Å²) in [6, 6.07) is 7.93. The van der Waals surface area contributed by atoms with Gasteiger partial charge in [-0.25, -0.2) is 0 Å². The number of hydrogen-bond donors (Lipinski definition) is 1. The number of nitrogens with two attached hydrogens (primary N) is 1. The van der Waals surface area contributed by atoms with Crippen molar-refractivity contribution < 1.29 is 9.53 Å². The van der Waals surface area contributed by atoms with Crippen LogP contribution in [-0.2, 0) is 11.3 Å². The van der Waals surface area contributed by atoms with E-state index in [1.54, 1.807) is 0 Å². The molecule has 0 fully saturated rings. The second-order valence-corrected chi connectivity index (χ2v) is 6.21. The molecule has 0 radical (unpaired) electrons. The zero-order valence-corrected chi connectivity index (χ0v) is 13.0. The Morgan fingerprint density at radius 3 is 2.86 bits per heavy atom. The highest BCUT2D eigenvalue weighted by molar-refractivity contribution is 5.76. The number of para-hydroxylation sites is 1. The maximum absolute atomic E-state index is 12.5. The molecule has 116 valence electrons. The third kappa shape index (κ3) is 4.46. The fourth-order valence-electron chi connectivity index (χ4n) is 2.84. The largest absolute Gasteiger partial charge is 0.491 e. The number of hydrogen-bond acceptors (Lipinski definition) is 3. The molecule has 4 nitrogen and oxygen atoms in total. The van der Waals surface area contributed by atoms with E-state index < -0.39 is 0 Å². The Hall–Kier alpha value is -1.55. The van der Waals surface area contributed by atoms with Crippen molar-refractivity contribution in [1.29, 1.82) is 0 Å². The van der Waals surface area contributed by atoms with Crippen molar-refractivity contribution in [3.8, 4) is 5.75 Å². The predicted octanol–water partition coefficient (Wildman–Crippen LogP) is 2.42. The number of amides is 1. The number of fused-ring (bicyclic) bond motifs is 1. The quantitative estimate of drug-likeness (QED) is 0.906. The molecular weight excluding hydrogens is 264 g/mol. The second-order valence-electron chi connectivity index (χ2n) is 6.21. The molecule has 1 aliphatic heterocycles. The molecule has 2 rings (SSSR count). The average Bonchev–Trinajstić information content (AvgIpc) is 2.68. The molecule has 0 aliphatic carbocycles. The Labute approximate surface area is 127 Å². The van der Waals surface area contributed by atoms with Crippen LogP contribution in [0.1, 0.15) is 32.3 Å². The van der Waals surface area contributed by atoms with E-state index in [0.29, 0.717) is 38.6 Å². The Morgan fingerprint density at radius 2 is 2.14 bits per heavy atom. The van der Waals surface area contributed by atoms with Crippen molar-refractivity contribution in [2.24, 2.45) is 17.6 Å². The molecule has 2 N–H and O–H groups in total. The third-order valence-electron chi connectivity index (χ3n) is 3.91. The minimum atomic E-state index is 0.186. The number of ether oxygens (including phenoxy) is 1. The first-order valence-electron chi connectivity index (χ1n) is 7.78. The van der Waals surface area contributed by atoms with E-state index >= 15 is 0 Å². The van der Waals surface area contributed by atoms with E-state index in [2.05, 4.69) is 13.8 Å². The van der Waals surface area contributed by atoms with Crippen molar-refractivity contribution >= 4 is 5.91 Å². The van der Waals surface area contributed by atoms with Crippen LogP contribution in [0.2, 0.25) is 0 Å². The van der Waals surface area contributed by atoms with Crippen LogP contribution in [0.3, 0.4) is 0 Å². The van der Waals surface area contributed by atoms with Gasteiger partial charge < -0.3 is 15.4 Å². The van der Waals surface area contributed by atoms with Gasteiger partial charge in [-0.15, -0.1) is 0 Å². The lowest BCUT2D eigenvalue weighted by atomic mass is 9.93. The van der Waals surface area contributed by atoms with Crippen molar-refractivity contribution in [2.75, 3.05) is 19.7 Å². The summed E-state index contributed by atoms with van der Waals surface area (Å²) in [4.78, 5) is 14.4. The molecule has 21 heavy (non-hydrogen) atoms. The smallest absolute Gasteiger partial charge is 0.223 e. The molecule has 0 saturated carbocycles. The van der Waals surface area contributed by atoms with Crippen molar-refractivity contribution in [3.05, 3.63) is 29.8 Å². The van der Waals surface area contributed by atoms with Crippen LogP contribution in [0.25, 0.3) is 0 Å². The number of carbonyl (C=O) groups excluding carboxylic acids is 1. The van der Waals surface area contributed by atoms with Gasteiger partial charge in [-0.05, 0) is 30.9 Å².